The lowest BCUT2D eigenvalue weighted by Crippen LogP contribution is -2.46. The van der Waals surface area contributed by atoms with Crippen LogP contribution >= 0.6 is 0 Å². The number of hydrazine groups is 1. The first-order chi connectivity index (χ1) is 20.7. The van der Waals surface area contributed by atoms with E-state index in [1.807, 2.05) is 0 Å². The number of hydrogen-bond donors (Lipinski definition) is 5. The summed E-state index contributed by atoms with van der Waals surface area (Å²) in [5, 5.41) is 10.3. The molecule has 44 heavy (non-hydrogen) atoms. The standard InChI is InChI=1S/C28H28F4N6O6/c1-38(2)19-8-6-5-7-15(19)25(39)36-37-26(40)23(17-12-21(42-3)22(43-4)13-18(17)29)35-14-9-10-16(24(33)34)20(11-14)44-27(41)28(30,31)32/h5-13,23,35H,1-4H3,(H3,33,34)(H,36,39)(H,37,40). The van der Waals surface area contributed by atoms with Crippen LogP contribution in [0.15, 0.2) is 54.6 Å². The van der Waals surface area contributed by atoms with E-state index in [2.05, 4.69) is 20.9 Å². The van der Waals surface area contributed by atoms with Crippen molar-refractivity contribution >= 4 is 35.0 Å². The first kappa shape index (κ1) is 33.0. The van der Waals surface area contributed by atoms with Crippen molar-refractivity contribution in [2.24, 2.45) is 5.73 Å². The summed E-state index contributed by atoms with van der Waals surface area (Å²) in [6, 6.07) is 10.0. The number of esters is 1. The van der Waals surface area contributed by atoms with Crippen LogP contribution in [0.3, 0.4) is 0 Å². The van der Waals surface area contributed by atoms with Crippen LogP contribution in [0.25, 0.3) is 0 Å². The number of halogens is 4. The number of nitrogens with zero attached hydrogens (tertiary/aromatic N) is 1. The quantitative estimate of drug-likeness (QED) is 0.0571. The molecule has 3 aromatic rings. The largest absolute Gasteiger partial charge is 0.493 e. The lowest BCUT2D eigenvalue weighted by molar-refractivity contribution is -0.189. The molecule has 2 amide bonds. The summed E-state index contributed by atoms with van der Waals surface area (Å²) >= 11 is 0. The predicted molar refractivity (Wildman–Crippen MR) is 151 cm³/mol. The second-order valence-corrected chi connectivity index (χ2v) is 9.17. The molecule has 6 N–H and O–H groups in total. The maximum absolute atomic E-state index is 15.3. The van der Waals surface area contributed by atoms with Crippen LogP contribution in [0.2, 0.25) is 0 Å². The summed E-state index contributed by atoms with van der Waals surface area (Å²) in [6.45, 7) is 0. The highest BCUT2D eigenvalue weighted by Gasteiger charge is 2.42. The van der Waals surface area contributed by atoms with Crippen molar-refractivity contribution in [3.8, 4) is 17.2 Å². The Bertz CT molecular complexity index is 1580. The fourth-order valence-corrected chi connectivity index (χ4v) is 3.93. The molecule has 0 heterocycles. The van der Waals surface area contributed by atoms with Crippen molar-refractivity contribution in [2.75, 3.05) is 38.5 Å². The molecule has 3 rings (SSSR count). The van der Waals surface area contributed by atoms with Gasteiger partial charge < -0.3 is 30.2 Å². The zero-order valence-corrected chi connectivity index (χ0v) is 23.8. The van der Waals surface area contributed by atoms with Crippen LogP contribution in [0.5, 0.6) is 17.2 Å². The smallest absolute Gasteiger partial charge is 0.491 e. The van der Waals surface area contributed by atoms with E-state index in [0.717, 1.165) is 24.3 Å². The summed E-state index contributed by atoms with van der Waals surface area (Å²) in [6.07, 6.45) is -5.37. The van der Waals surface area contributed by atoms with Gasteiger partial charge in [0.05, 0.1) is 25.3 Å². The number of nitrogens with two attached hydrogens (primary N) is 1. The first-order valence-electron chi connectivity index (χ1n) is 12.5. The van der Waals surface area contributed by atoms with E-state index in [0.29, 0.717) is 5.69 Å². The van der Waals surface area contributed by atoms with Gasteiger partial charge in [0, 0.05) is 43.2 Å². The highest BCUT2D eigenvalue weighted by Crippen LogP contribution is 2.35. The minimum atomic E-state index is -5.37. The Labute approximate surface area is 248 Å². The summed E-state index contributed by atoms with van der Waals surface area (Å²) in [5.74, 6) is -6.72. The zero-order chi connectivity index (χ0) is 32.8. The van der Waals surface area contributed by atoms with Gasteiger partial charge in [0.25, 0.3) is 11.8 Å². The summed E-state index contributed by atoms with van der Waals surface area (Å²) in [4.78, 5) is 39.6. The summed E-state index contributed by atoms with van der Waals surface area (Å²) < 4.78 is 68.7. The predicted octanol–water partition coefficient (Wildman–Crippen LogP) is 3.28. The van der Waals surface area contributed by atoms with Crippen LogP contribution in [-0.2, 0) is 9.59 Å². The van der Waals surface area contributed by atoms with E-state index in [1.165, 1.54) is 26.4 Å². The van der Waals surface area contributed by atoms with E-state index in [9.17, 15) is 27.6 Å². The van der Waals surface area contributed by atoms with E-state index >= 15 is 4.39 Å². The maximum Gasteiger partial charge on any atom is 0.491 e. The Morgan fingerprint density at radius 3 is 2.14 bits per heavy atom. The van der Waals surface area contributed by atoms with Crippen molar-refractivity contribution < 1.29 is 46.2 Å². The number of hydrogen-bond acceptors (Lipinski definition) is 9. The fraction of sp³-hybridized carbons (Fsp3) is 0.214. The number of alkyl halides is 3. The van der Waals surface area contributed by atoms with Gasteiger partial charge in [-0.1, -0.05) is 12.1 Å². The van der Waals surface area contributed by atoms with Crippen LogP contribution in [-0.4, -0.2) is 58.1 Å². The Morgan fingerprint density at radius 2 is 1.55 bits per heavy atom. The van der Waals surface area contributed by atoms with E-state index < -0.39 is 47.4 Å². The average molecular weight is 621 g/mol. The molecule has 12 nitrogen and oxygen atoms in total. The topological polar surface area (TPSA) is 168 Å². The van der Waals surface area contributed by atoms with Gasteiger partial charge in [-0.05, 0) is 30.3 Å². The van der Waals surface area contributed by atoms with Crippen LogP contribution in [0.1, 0.15) is 27.5 Å². The van der Waals surface area contributed by atoms with Gasteiger partial charge in [-0.2, -0.15) is 13.2 Å². The Morgan fingerprint density at radius 1 is 0.909 bits per heavy atom. The molecule has 1 unspecified atom stereocenters. The van der Waals surface area contributed by atoms with Gasteiger partial charge in [-0.3, -0.25) is 25.8 Å². The number of methoxy groups -OCH3 is 2. The summed E-state index contributed by atoms with van der Waals surface area (Å²) in [7, 11) is 5.96. The van der Waals surface area contributed by atoms with Crippen LogP contribution in [0, 0.1) is 11.2 Å². The second kappa shape index (κ2) is 13.6. The molecule has 0 aliphatic carbocycles. The lowest BCUT2D eigenvalue weighted by atomic mass is 10.0. The molecule has 0 aliphatic heterocycles. The molecule has 0 saturated carbocycles. The number of nitrogens with one attached hydrogen (secondary N) is 4. The molecule has 0 bridgehead atoms. The molecular weight excluding hydrogens is 592 g/mol. The zero-order valence-electron chi connectivity index (χ0n) is 23.8. The number of benzene rings is 3. The number of amidine groups is 1. The van der Waals surface area contributed by atoms with Gasteiger partial charge in [0.2, 0.25) is 0 Å². The van der Waals surface area contributed by atoms with Crippen LogP contribution in [0.4, 0.5) is 28.9 Å². The molecular formula is C28H28F4N6O6. The minimum Gasteiger partial charge on any atom is -0.493 e. The van der Waals surface area contributed by atoms with Gasteiger partial charge in [-0.25, -0.2) is 9.18 Å². The number of ether oxygens (including phenoxy) is 3. The van der Waals surface area contributed by atoms with Gasteiger partial charge in [0.15, 0.2) is 11.5 Å². The number of carbonyl (C=O) groups excluding carboxylic acids is 3. The molecule has 234 valence electrons. The van der Waals surface area contributed by atoms with Crippen molar-refractivity contribution in [3.05, 3.63) is 77.1 Å². The minimum absolute atomic E-state index is 0.00587. The third kappa shape index (κ3) is 7.64. The van der Waals surface area contributed by atoms with Gasteiger partial charge in [0.1, 0.15) is 23.4 Å². The van der Waals surface area contributed by atoms with E-state index in [4.69, 9.17) is 20.6 Å². The lowest BCUT2D eigenvalue weighted by Gasteiger charge is -2.23. The second-order valence-electron chi connectivity index (χ2n) is 9.17. The molecule has 0 aromatic heterocycles. The Hall–Kier alpha value is -5.54. The number of amides is 2. The number of nitrogen functional groups attached to an aromatic ring is 1. The third-order valence-electron chi connectivity index (χ3n) is 6.02. The number of carbonyl (C=O) groups is 3. The first-order valence-corrected chi connectivity index (χ1v) is 12.5. The van der Waals surface area contributed by atoms with Crippen molar-refractivity contribution in [3.63, 3.8) is 0 Å². The van der Waals surface area contributed by atoms with Crippen LogP contribution < -0.4 is 41.0 Å². The Kier molecular flexibility index (Phi) is 10.2. The van der Waals surface area contributed by atoms with Crippen molar-refractivity contribution in [1.82, 2.24) is 10.9 Å². The third-order valence-corrected chi connectivity index (χ3v) is 6.02. The van der Waals surface area contributed by atoms with Gasteiger partial charge >= 0.3 is 12.1 Å². The molecule has 0 fully saturated rings. The summed E-state index contributed by atoms with van der Waals surface area (Å²) in [5.41, 5.74) is 9.78. The number of rotatable bonds is 10. The average Bonchev–Trinajstić information content (AvgIpc) is 2.97. The highest BCUT2D eigenvalue weighted by molar-refractivity contribution is 6.01. The fourth-order valence-electron chi connectivity index (χ4n) is 3.93. The number of para-hydroxylation sites is 1. The van der Waals surface area contributed by atoms with Crippen molar-refractivity contribution in [1.29, 1.82) is 5.41 Å². The molecule has 0 spiro atoms. The Balaban J connectivity index is 2.02. The molecule has 0 aliphatic rings. The molecule has 3 aromatic carbocycles. The van der Waals surface area contributed by atoms with Crippen molar-refractivity contribution in [2.45, 2.75) is 12.2 Å². The molecule has 1 atom stereocenters. The SMILES string of the molecule is COc1cc(F)c(C(Nc2ccc(C(=N)N)c(OC(=O)C(F)(F)F)c2)C(=O)NNC(=O)c2ccccc2N(C)C)cc1OC. The number of anilines is 2. The molecule has 16 heteroatoms. The normalized spacial score (nSPS) is 11.5. The highest BCUT2D eigenvalue weighted by atomic mass is 19.4. The monoisotopic (exact) mass is 620 g/mol. The van der Waals surface area contributed by atoms with E-state index in [1.54, 1.807) is 37.2 Å². The van der Waals surface area contributed by atoms with Gasteiger partial charge in [-0.15, -0.1) is 0 Å². The molecule has 0 saturated heterocycles. The maximum atomic E-state index is 15.3. The molecule has 0 radical (unpaired) electrons. The van der Waals surface area contributed by atoms with E-state index in [-0.39, 0.29) is 33.9 Å².